The minimum Gasteiger partial charge on any atom is -0.289 e. The summed E-state index contributed by atoms with van der Waals surface area (Å²) in [6.45, 7) is 6.59. The van der Waals surface area contributed by atoms with Crippen LogP contribution in [-0.4, -0.2) is 21.1 Å². The molecule has 106 valence electrons. The van der Waals surface area contributed by atoms with Crippen molar-refractivity contribution in [3.63, 3.8) is 0 Å². The third kappa shape index (κ3) is 2.85. The van der Waals surface area contributed by atoms with Crippen molar-refractivity contribution >= 4 is 5.95 Å². The van der Waals surface area contributed by atoms with Gasteiger partial charge in [0.15, 0.2) is 0 Å². The average Bonchev–Trinajstić information content (AvgIpc) is 2.45. The normalized spacial score (nSPS) is 10.6. The summed E-state index contributed by atoms with van der Waals surface area (Å²) in [6.07, 6.45) is 0.646. The van der Waals surface area contributed by atoms with Crippen LogP contribution in [0.3, 0.4) is 0 Å². The fraction of sp³-hybridized carbons (Fsp3) is 0.357. The fourth-order valence-electron chi connectivity index (χ4n) is 1.97. The standard InChI is InChI=1S/C14H19N5O/c1-4-12-16-13(18-15-5-2)17-14(20)19(12)11-9-7-6-8-10(11)3/h6-9,15H,4-5H2,1-3H3,(H,17,18,20). The summed E-state index contributed by atoms with van der Waals surface area (Å²) in [7, 11) is 0. The van der Waals surface area contributed by atoms with Crippen LogP contribution in [0.2, 0.25) is 0 Å². The largest absolute Gasteiger partial charge is 0.356 e. The molecule has 0 aliphatic carbocycles. The highest BCUT2D eigenvalue weighted by molar-refractivity contribution is 5.41. The molecule has 6 heteroatoms. The van der Waals surface area contributed by atoms with Gasteiger partial charge in [0.1, 0.15) is 5.82 Å². The molecule has 0 saturated heterocycles. The number of aryl methyl sites for hydroxylation is 2. The van der Waals surface area contributed by atoms with Gasteiger partial charge in [-0.1, -0.05) is 32.0 Å². The highest BCUT2D eigenvalue weighted by atomic mass is 16.1. The van der Waals surface area contributed by atoms with Crippen molar-refractivity contribution in [1.29, 1.82) is 0 Å². The molecule has 0 aliphatic rings. The lowest BCUT2D eigenvalue weighted by molar-refractivity contribution is 0.745. The van der Waals surface area contributed by atoms with Gasteiger partial charge in [-0.3, -0.25) is 5.43 Å². The Bertz CT molecular complexity index is 650. The summed E-state index contributed by atoms with van der Waals surface area (Å²) in [5.41, 5.74) is 7.22. The Hall–Kier alpha value is -2.21. The Morgan fingerprint density at radius 1 is 1.20 bits per heavy atom. The van der Waals surface area contributed by atoms with Crippen molar-refractivity contribution in [3.05, 3.63) is 46.1 Å². The van der Waals surface area contributed by atoms with Crippen molar-refractivity contribution in [3.8, 4) is 5.69 Å². The van der Waals surface area contributed by atoms with E-state index in [1.807, 2.05) is 45.0 Å². The molecule has 0 amide bonds. The maximum absolute atomic E-state index is 12.3. The first-order valence-corrected chi connectivity index (χ1v) is 6.72. The van der Waals surface area contributed by atoms with Crippen LogP contribution in [0.5, 0.6) is 0 Å². The molecule has 6 nitrogen and oxygen atoms in total. The smallest absolute Gasteiger partial charge is 0.289 e. The molecule has 2 rings (SSSR count). The zero-order chi connectivity index (χ0) is 14.5. The number of nitrogens with one attached hydrogen (secondary N) is 2. The number of rotatable bonds is 5. The summed E-state index contributed by atoms with van der Waals surface area (Å²) >= 11 is 0. The topological polar surface area (TPSA) is 71.8 Å². The summed E-state index contributed by atoms with van der Waals surface area (Å²) in [5, 5.41) is 0. The van der Waals surface area contributed by atoms with Gasteiger partial charge in [0, 0.05) is 13.0 Å². The summed E-state index contributed by atoms with van der Waals surface area (Å²) in [4.78, 5) is 20.6. The van der Waals surface area contributed by atoms with Crippen LogP contribution in [0.1, 0.15) is 25.2 Å². The molecular weight excluding hydrogens is 254 g/mol. The van der Waals surface area contributed by atoms with Crippen molar-refractivity contribution in [2.24, 2.45) is 0 Å². The van der Waals surface area contributed by atoms with Crippen LogP contribution in [0.25, 0.3) is 5.69 Å². The molecule has 0 unspecified atom stereocenters. The average molecular weight is 273 g/mol. The second-order valence-electron chi connectivity index (χ2n) is 4.38. The van der Waals surface area contributed by atoms with Gasteiger partial charge >= 0.3 is 5.69 Å². The number of hydrogen-bond donors (Lipinski definition) is 2. The van der Waals surface area contributed by atoms with E-state index in [1.54, 1.807) is 4.57 Å². The molecule has 0 atom stereocenters. The number of anilines is 1. The Morgan fingerprint density at radius 2 is 1.95 bits per heavy atom. The lowest BCUT2D eigenvalue weighted by Crippen LogP contribution is -2.31. The van der Waals surface area contributed by atoms with Gasteiger partial charge in [0.2, 0.25) is 5.95 Å². The number of hydrogen-bond acceptors (Lipinski definition) is 5. The predicted octanol–water partition coefficient (Wildman–Crippen LogP) is 1.43. The van der Waals surface area contributed by atoms with Crippen LogP contribution >= 0.6 is 0 Å². The van der Waals surface area contributed by atoms with E-state index in [2.05, 4.69) is 20.8 Å². The van der Waals surface area contributed by atoms with Crippen molar-refractivity contribution in [2.75, 3.05) is 12.0 Å². The number of benzene rings is 1. The molecule has 0 aliphatic heterocycles. The number of para-hydroxylation sites is 1. The minimum absolute atomic E-state index is 0.304. The summed E-state index contributed by atoms with van der Waals surface area (Å²) in [6, 6.07) is 7.71. The molecule has 0 radical (unpaired) electrons. The van der Waals surface area contributed by atoms with E-state index in [9.17, 15) is 4.79 Å². The Morgan fingerprint density at radius 3 is 2.60 bits per heavy atom. The third-order valence-electron chi connectivity index (χ3n) is 2.94. The van der Waals surface area contributed by atoms with Crippen LogP contribution in [-0.2, 0) is 6.42 Å². The second-order valence-corrected chi connectivity index (χ2v) is 4.38. The Labute approximate surface area is 117 Å². The van der Waals surface area contributed by atoms with E-state index in [0.717, 1.165) is 11.3 Å². The first-order chi connectivity index (χ1) is 9.67. The zero-order valence-electron chi connectivity index (χ0n) is 12.0. The van der Waals surface area contributed by atoms with Crippen LogP contribution in [0.4, 0.5) is 5.95 Å². The fourth-order valence-corrected chi connectivity index (χ4v) is 1.97. The van der Waals surface area contributed by atoms with Crippen LogP contribution in [0, 0.1) is 6.92 Å². The monoisotopic (exact) mass is 273 g/mol. The van der Waals surface area contributed by atoms with E-state index in [0.29, 0.717) is 24.7 Å². The van der Waals surface area contributed by atoms with Gasteiger partial charge in [-0.25, -0.2) is 14.8 Å². The molecule has 1 aromatic carbocycles. The molecule has 2 N–H and O–H groups in total. The number of nitrogens with zero attached hydrogens (tertiary/aromatic N) is 3. The molecule has 1 aromatic heterocycles. The lowest BCUT2D eigenvalue weighted by atomic mass is 10.2. The van der Waals surface area contributed by atoms with Gasteiger partial charge in [0.25, 0.3) is 0 Å². The van der Waals surface area contributed by atoms with Gasteiger partial charge in [-0.15, -0.1) is 0 Å². The molecule has 0 fully saturated rings. The van der Waals surface area contributed by atoms with Gasteiger partial charge < -0.3 is 0 Å². The third-order valence-corrected chi connectivity index (χ3v) is 2.94. The molecule has 2 aromatic rings. The molecular formula is C14H19N5O. The summed E-state index contributed by atoms with van der Waals surface area (Å²) in [5.74, 6) is 0.984. The van der Waals surface area contributed by atoms with E-state index in [1.165, 1.54) is 0 Å². The number of aromatic nitrogens is 3. The zero-order valence-corrected chi connectivity index (χ0v) is 12.0. The van der Waals surface area contributed by atoms with Crippen LogP contribution < -0.4 is 16.5 Å². The molecule has 0 saturated carbocycles. The molecule has 20 heavy (non-hydrogen) atoms. The minimum atomic E-state index is -0.327. The Balaban J connectivity index is 2.54. The van der Waals surface area contributed by atoms with Crippen molar-refractivity contribution in [2.45, 2.75) is 27.2 Å². The van der Waals surface area contributed by atoms with Crippen LogP contribution in [0.15, 0.2) is 29.1 Å². The van der Waals surface area contributed by atoms with Crippen molar-refractivity contribution in [1.82, 2.24) is 20.0 Å². The van der Waals surface area contributed by atoms with E-state index in [-0.39, 0.29) is 5.69 Å². The van der Waals surface area contributed by atoms with Crippen molar-refractivity contribution < 1.29 is 0 Å². The first-order valence-electron chi connectivity index (χ1n) is 6.72. The number of hydrazine groups is 1. The lowest BCUT2D eigenvalue weighted by Gasteiger charge is -2.14. The first kappa shape index (κ1) is 14.2. The maximum Gasteiger partial charge on any atom is 0.356 e. The van der Waals surface area contributed by atoms with Gasteiger partial charge in [-0.2, -0.15) is 9.97 Å². The SMILES string of the molecule is CCNNc1nc(CC)n(-c2ccccc2C)c(=O)n1. The summed E-state index contributed by atoms with van der Waals surface area (Å²) < 4.78 is 1.56. The van der Waals surface area contributed by atoms with Gasteiger partial charge in [0.05, 0.1) is 5.69 Å². The molecule has 1 heterocycles. The van der Waals surface area contributed by atoms with E-state index < -0.39 is 0 Å². The Kier molecular flexibility index (Phi) is 4.47. The molecule has 0 bridgehead atoms. The van der Waals surface area contributed by atoms with E-state index in [4.69, 9.17) is 0 Å². The molecule has 0 spiro atoms. The quantitative estimate of drug-likeness (QED) is 0.806. The second kappa shape index (κ2) is 6.29. The highest BCUT2D eigenvalue weighted by Gasteiger charge is 2.11. The van der Waals surface area contributed by atoms with E-state index >= 15 is 0 Å². The highest BCUT2D eigenvalue weighted by Crippen LogP contribution is 2.13. The maximum atomic E-state index is 12.3. The predicted molar refractivity (Wildman–Crippen MR) is 79.0 cm³/mol. The van der Waals surface area contributed by atoms with Gasteiger partial charge in [-0.05, 0) is 18.6 Å².